The zero-order valence-electron chi connectivity index (χ0n) is 11.4. The molecule has 1 aromatic carbocycles. The molecule has 0 aliphatic carbocycles. The van der Waals surface area contributed by atoms with E-state index in [-0.39, 0.29) is 0 Å². The summed E-state index contributed by atoms with van der Waals surface area (Å²) in [5.74, 6) is 0.785. The van der Waals surface area contributed by atoms with Crippen molar-refractivity contribution in [3.63, 3.8) is 0 Å². The van der Waals surface area contributed by atoms with Crippen molar-refractivity contribution in [2.45, 2.75) is 33.4 Å². The van der Waals surface area contributed by atoms with Crippen LogP contribution in [0.25, 0.3) is 11.4 Å². The van der Waals surface area contributed by atoms with Gasteiger partial charge < -0.3 is 5.32 Å². The first-order valence-electron chi connectivity index (χ1n) is 6.38. The Kier molecular flexibility index (Phi) is 4.66. The molecule has 2 rings (SSSR count). The highest BCUT2D eigenvalue weighted by molar-refractivity contribution is 9.10. The third kappa shape index (κ3) is 4.11. The van der Waals surface area contributed by atoms with Crippen LogP contribution in [0.5, 0.6) is 0 Å². The number of rotatable bonds is 4. The molecule has 100 valence electrons. The molecular formula is C15H18BrN3. The van der Waals surface area contributed by atoms with Gasteiger partial charge in [-0.3, -0.25) is 0 Å². The maximum absolute atomic E-state index is 4.62. The van der Waals surface area contributed by atoms with Gasteiger partial charge in [0, 0.05) is 28.3 Å². The molecule has 19 heavy (non-hydrogen) atoms. The van der Waals surface area contributed by atoms with Crippen LogP contribution in [0, 0.1) is 6.92 Å². The van der Waals surface area contributed by atoms with E-state index in [0.717, 1.165) is 33.8 Å². The minimum atomic E-state index is 0.450. The lowest BCUT2D eigenvalue weighted by Gasteiger charge is -2.09. The fourth-order valence-corrected chi connectivity index (χ4v) is 2.03. The second-order valence-electron chi connectivity index (χ2n) is 4.87. The van der Waals surface area contributed by atoms with Crippen LogP contribution in [0.4, 0.5) is 0 Å². The predicted molar refractivity (Wildman–Crippen MR) is 81.9 cm³/mol. The monoisotopic (exact) mass is 319 g/mol. The Balaban J connectivity index is 2.28. The third-order valence-electron chi connectivity index (χ3n) is 2.70. The average molecular weight is 320 g/mol. The molecule has 0 spiro atoms. The molecule has 2 aromatic rings. The summed E-state index contributed by atoms with van der Waals surface area (Å²) in [7, 11) is 0. The molecule has 0 bridgehead atoms. The maximum atomic E-state index is 4.62. The highest BCUT2D eigenvalue weighted by Gasteiger charge is 2.05. The van der Waals surface area contributed by atoms with Crippen LogP contribution in [0.1, 0.15) is 25.2 Å². The number of halogens is 1. The SMILES string of the molecule is Cc1cc(CNC(C)C)nc(-c2ccc(Br)cc2)n1. The second-order valence-corrected chi connectivity index (χ2v) is 5.78. The van der Waals surface area contributed by atoms with Crippen LogP contribution < -0.4 is 5.32 Å². The van der Waals surface area contributed by atoms with Gasteiger partial charge in [-0.1, -0.05) is 41.9 Å². The summed E-state index contributed by atoms with van der Waals surface area (Å²) < 4.78 is 1.06. The van der Waals surface area contributed by atoms with E-state index in [1.54, 1.807) is 0 Å². The molecule has 0 saturated carbocycles. The topological polar surface area (TPSA) is 37.8 Å². The summed E-state index contributed by atoms with van der Waals surface area (Å²) >= 11 is 3.44. The molecule has 1 heterocycles. The zero-order chi connectivity index (χ0) is 13.8. The third-order valence-corrected chi connectivity index (χ3v) is 3.23. The Hall–Kier alpha value is -1.26. The lowest BCUT2D eigenvalue weighted by Crippen LogP contribution is -2.22. The van der Waals surface area contributed by atoms with Crippen LogP contribution in [-0.2, 0) is 6.54 Å². The van der Waals surface area contributed by atoms with E-state index < -0.39 is 0 Å². The van der Waals surface area contributed by atoms with Crippen molar-refractivity contribution in [2.75, 3.05) is 0 Å². The minimum Gasteiger partial charge on any atom is -0.309 e. The molecule has 0 aliphatic heterocycles. The van der Waals surface area contributed by atoms with Crippen LogP contribution >= 0.6 is 15.9 Å². The fraction of sp³-hybridized carbons (Fsp3) is 0.333. The Labute approximate surface area is 122 Å². The Morgan fingerprint density at radius 3 is 2.47 bits per heavy atom. The van der Waals surface area contributed by atoms with Crippen LogP contribution in [0.3, 0.4) is 0 Å². The van der Waals surface area contributed by atoms with Gasteiger partial charge in [0.1, 0.15) is 0 Å². The number of nitrogens with zero attached hydrogens (tertiary/aromatic N) is 2. The molecule has 4 heteroatoms. The highest BCUT2D eigenvalue weighted by atomic mass is 79.9. The summed E-state index contributed by atoms with van der Waals surface area (Å²) in [6.07, 6.45) is 0. The maximum Gasteiger partial charge on any atom is 0.159 e. The van der Waals surface area contributed by atoms with E-state index >= 15 is 0 Å². The summed E-state index contributed by atoms with van der Waals surface area (Å²) in [4.78, 5) is 9.12. The van der Waals surface area contributed by atoms with E-state index in [1.165, 1.54) is 0 Å². The number of aryl methyl sites for hydroxylation is 1. The molecule has 0 amide bonds. The van der Waals surface area contributed by atoms with Crippen molar-refractivity contribution in [2.24, 2.45) is 0 Å². The minimum absolute atomic E-state index is 0.450. The number of hydrogen-bond acceptors (Lipinski definition) is 3. The van der Waals surface area contributed by atoms with Gasteiger partial charge in [-0.05, 0) is 25.1 Å². The number of benzene rings is 1. The first-order valence-corrected chi connectivity index (χ1v) is 7.18. The molecule has 0 aliphatic rings. The summed E-state index contributed by atoms with van der Waals surface area (Å²) in [6, 6.07) is 10.5. The number of aromatic nitrogens is 2. The number of nitrogens with one attached hydrogen (secondary N) is 1. The smallest absolute Gasteiger partial charge is 0.159 e. The molecule has 0 unspecified atom stereocenters. The van der Waals surface area contributed by atoms with E-state index in [4.69, 9.17) is 0 Å². The van der Waals surface area contributed by atoms with Gasteiger partial charge in [0.25, 0.3) is 0 Å². The summed E-state index contributed by atoms with van der Waals surface area (Å²) in [6.45, 7) is 7.03. The van der Waals surface area contributed by atoms with Gasteiger partial charge in [0.05, 0.1) is 5.69 Å². The molecule has 1 aromatic heterocycles. The highest BCUT2D eigenvalue weighted by Crippen LogP contribution is 2.19. The largest absolute Gasteiger partial charge is 0.309 e. The van der Waals surface area contributed by atoms with E-state index in [1.807, 2.05) is 37.3 Å². The Bertz CT molecular complexity index is 550. The van der Waals surface area contributed by atoms with Gasteiger partial charge >= 0.3 is 0 Å². The van der Waals surface area contributed by atoms with Gasteiger partial charge in [0.2, 0.25) is 0 Å². The summed E-state index contributed by atoms with van der Waals surface area (Å²) in [5, 5.41) is 3.38. The van der Waals surface area contributed by atoms with Crippen LogP contribution in [-0.4, -0.2) is 16.0 Å². The van der Waals surface area contributed by atoms with Gasteiger partial charge in [-0.25, -0.2) is 9.97 Å². The molecule has 3 nitrogen and oxygen atoms in total. The molecule has 0 atom stereocenters. The predicted octanol–water partition coefficient (Wildman–Crippen LogP) is 3.71. The Morgan fingerprint density at radius 2 is 1.84 bits per heavy atom. The molecule has 0 radical (unpaired) electrons. The molecule has 0 fully saturated rings. The van der Waals surface area contributed by atoms with E-state index in [9.17, 15) is 0 Å². The number of hydrogen-bond donors (Lipinski definition) is 1. The zero-order valence-corrected chi connectivity index (χ0v) is 13.0. The quantitative estimate of drug-likeness (QED) is 0.933. The van der Waals surface area contributed by atoms with Crippen molar-refractivity contribution >= 4 is 15.9 Å². The lowest BCUT2D eigenvalue weighted by atomic mass is 10.2. The molecule has 1 N–H and O–H groups in total. The van der Waals surface area contributed by atoms with Crippen molar-refractivity contribution in [3.05, 3.63) is 46.2 Å². The standard InChI is InChI=1S/C15H18BrN3/c1-10(2)17-9-14-8-11(3)18-15(19-14)12-4-6-13(16)7-5-12/h4-8,10,17H,9H2,1-3H3. The molecule has 0 saturated heterocycles. The van der Waals surface area contributed by atoms with Crippen molar-refractivity contribution in [1.82, 2.24) is 15.3 Å². The lowest BCUT2D eigenvalue weighted by molar-refractivity contribution is 0.580. The van der Waals surface area contributed by atoms with Crippen molar-refractivity contribution in [3.8, 4) is 11.4 Å². The molecular weight excluding hydrogens is 302 g/mol. The van der Waals surface area contributed by atoms with Crippen molar-refractivity contribution in [1.29, 1.82) is 0 Å². The van der Waals surface area contributed by atoms with Gasteiger partial charge in [-0.2, -0.15) is 0 Å². The van der Waals surface area contributed by atoms with E-state index in [2.05, 4.69) is 45.1 Å². The Morgan fingerprint density at radius 1 is 1.16 bits per heavy atom. The second kappa shape index (κ2) is 6.26. The van der Waals surface area contributed by atoms with Crippen LogP contribution in [0.15, 0.2) is 34.8 Å². The normalized spacial score (nSPS) is 11.0. The average Bonchev–Trinajstić information content (AvgIpc) is 2.36. The van der Waals surface area contributed by atoms with Crippen molar-refractivity contribution < 1.29 is 0 Å². The summed E-state index contributed by atoms with van der Waals surface area (Å²) in [5.41, 5.74) is 3.06. The first kappa shape index (κ1) is 14.2. The van der Waals surface area contributed by atoms with Gasteiger partial charge in [-0.15, -0.1) is 0 Å². The van der Waals surface area contributed by atoms with E-state index in [0.29, 0.717) is 6.04 Å². The van der Waals surface area contributed by atoms with Crippen LogP contribution in [0.2, 0.25) is 0 Å². The van der Waals surface area contributed by atoms with Gasteiger partial charge in [0.15, 0.2) is 5.82 Å². The first-order chi connectivity index (χ1) is 9.04. The fourth-order valence-electron chi connectivity index (χ4n) is 1.76.